The molecule has 1 N–H and O–H groups in total. The van der Waals surface area contributed by atoms with Crippen molar-refractivity contribution in [3.05, 3.63) is 70.3 Å². The van der Waals surface area contributed by atoms with E-state index in [9.17, 15) is 9.59 Å². The molecular formula is C28H28FN3O5. The van der Waals surface area contributed by atoms with Gasteiger partial charge in [0, 0.05) is 23.2 Å². The third-order valence-corrected chi connectivity index (χ3v) is 6.76. The number of hydrogen-bond donors (Lipinski definition) is 1. The molecule has 0 saturated heterocycles. The van der Waals surface area contributed by atoms with Crippen LogP contribution in [0.4, 0.5) is 4.39 Å². The topological polar surface area (TPSA) is 93.9 Å². The number of nitrogens with one attached hydrogen (secondary N) is 1. The third-order valence-electron chi connectivity index (χ3n) is 6.76. The number of halogens is 1. The number of ketones is 2. The molecule has 0 saturated carbocycles. The summed E-state index contributed by atoms with van der Waals surface area (Å²) < 4.78 is 33.1. The summed E-state index contributed by atoms with van der Waals surface area (Å²) in [5.41, 5.74) is 2.82. The maximum atomic E-state index is 15.1. The molecule has 0 spiro atoms. The molecule has 0 radical (unpaired) electrons. The van der Waals surface area contributed by atoms with Gasteiger partial charge in [0.05, 0.1) is 37.7 Å². The maximum Gasteiger partial charge on any atom is 0.216 e. The van der Waals surface area contributed by atoms with E-state index in [2.05, 4.69) is 20.8 Å². The van der Waals surface area contributed by atoms with E-state index in [0.29, 0.717) is 28.3 Å². The summed E-state index contributed by atoms with van der Waals surface area (Å²) in [7, 11) is 2.76. The van der Waals surface area contributed by atoms with Crippen molar-refractivity contribution in [2.45, 2.75) is 32.7 Å². The fourth-order valence-corrected chi connectivity index (χ4v) is 4.93. The molecule has 37 heavy (non-hydrogen) atoms. The second-order valence-electron chi connectivity index (χ2n) is 10.2. The van der Waals surface area contributed by atoms with Crippen LogP contribution in [0.3, 0.4) is 0 Å². The number of ether oxygens (including phenoxy) is 3. The van der Waals surface area contributed by atoms with E-state index in [0.717, 1.165) is 5.69 Å². The lowest BCUT2D eigenvalue weighted by Crippen LogP contribution is -2.30. The molecule has 8 nitrogen and oxygen atoms in total. The predicted molar refractivity (Wildman–Crippen MR) is 135 cm³/mol. The normalized spacial score (nSPS) is 14.5. The summed E-state index contributed by atoms with van der Waals surface area (Å²) >= 11 is 0. The molecular weight excluding hydrogens is 477 g/mol. The zero-order valence-corrected chi connectivity index (χ0v) is 21.4. The molecule has 3 heterocycles. The Labute approximate surface area is 214 Å². The highest BCUT2D eigenvalue weighted by atomic mass is 19.1. The predicted octanol–water partition coefficient (Wildman–Crippen LogP) is 4.53. The van der Waals surface area contributed by atoms with Crippen molar-refractivity contribution in [2.24, 2.45) is 0 Å². The highest BCUT2D eigenvalue weighted by Gasteiger charge is 2.33. The lowest BCUT2D eigenvalue weighted by Gasteiger charge is -2.23. The number of aromatic nitrogens is 1. The molecule has 0 bridgehead atoms. The molecule has 1 aromatic heterocycles. The van der Waals surface area contributed by atoms with Gasteiger partial charge >= 0.3 is 0 Å². The zero-order chi connectivity index (χ0) is 26.6. The van der Waals surface area contributed by atoms with E-state index >= 15 is 4.39 Å². The van der Waals surface area contributed by atoms with Crippen LogP contribution in [0.25, 0.3) is 5.69 Å². The molecule has 192 valence electrons. The van der Waals surface area contributed by atoms with Crippen molar-refractivity contribution in [2.75, 3.05) is 27.4 Å². The lowest BCUT2D eigenvalue weighted by atomic mass is 9.92. The van der Waals surface area contributed by atoms with Gasteiger partial charge in [-0.25, -0.2) is 4.39 Å². The van der Waals surface area contributed by atoms with E-state index in [1.54, 1.807) is 30.3 Å². The van der Waals surface area contributed by atoms with E-state index in [4.69, 9.17) is 19.6 Å². The quantitative estimate of drug-likeness (QED) is 0.512. The first-order valence-electron chi connectivity index (χ1n) is 11.9. The summed E-state index contributed by atoms with van der Waals surface area (Å²) in [6.07, 6.45) is 0. The second-order valence-corrected chi connectivity index (χ2v) is 10.2. The second kappa shape index (κ2) is 8.76. The SMILES string of the molecule is COc1cc2c(c(F)c1OC)C(=N)N(CC(=O)c1ccc3c(c1)-n1c(ccc1C(C)(C)C)C(=O)CO3)C2. The molecule has 0 fully saturated rings. The van der Waals surface area contributed by atoms with Crippen LogP contribution >= 0.6 is 0 Å². The first-order chi connectivity index (χ1) is 17.5. The highest BCUT2D eigenvalue weighted by molar-refractivity contribution is 6.06. The number of fused-ring (bicyclic) bond motifs is 4. The van der Waals surface area contributed by atoms with Crippen molar-refractivity contribution < 1.29 is 28.2 Å². The molecule has 2 aliphatic heterocycles. The van der Waals surface area contributed by atoms with Crippen molar-refractivity contribution in [3.8, 4) is 22.9 Å². The van der Waals surface area contributed by atoms with E-state index in [-0.39, 0.29) is 59.6 Å². The van der Waals surface area contributed by atoms with Crippen LogP contribution in [0.2, 0.25) is 0 Å². The number of amidine groups is 1. The average molecular weight is 506 g/mol. The summed E-state index contributed by atoms with van der Waals surface area (Å²) in [5, 5.41) is 8.53. The van der Waals surface area contributed by atoms with E-state index in [1.807, 2.05) is 10.6 Å². The Hall–Kier alpha value is -4.14. The smallest absolute Gasteiger partial charge is 0.216 e. The van der Waals surface area contributed by atoms with Gasteiger partial charge in [0.15, 0.2) is 29.7 Å². The molecule has 2 aliphatic rings. The van der Waals surface area contributed by atoms with Crippen LogP contribution in [-0.2, 0) is 12.0 Å². The van der Waals surface area contributed by atoms with Crippen molar-refractivity contribution >= 4 is 17.4 Å². The van der Waals surface area contributed by atoms with Gasteiger partial charge in [-0.05, 0) is 42.0 Å². The standard InChI is InChI=1S/C28H28FN3O5/c1-28(2,3)23-9-7-17-20(34)14-37-21-8-6-15(10-18(21)32(17)23)19(33)13-31-12-16-11-22(35-4)26(36-5)25(29)24(16)27(31)30/h6-11,30H,12-14H2,1-5H3. The molecule has 2 aromatic carbocycles. The molecule has 0 unspecified atom stereocenters. The third kappa shape index (κ3) is 3.94. The van der Waals surface area contributed by atoms with E-state index in [1.165, 1.54) is 19.1 Å². The summed E-state index contributed by atoms with van der Waals surface area (Å²) in [5.74, 6) is -0.495. The Morgan fingerprint density at radius 2 is 1.89 bits per heavy atom. The highest BCUT2D eigenvalue weighted by Crippen LogP contribution is 2.39. The number of hydrogen-bond acceptors (Lipinski definition) is 6. The van der Waals surface area contributed by atoms with Crippen LogP contribution in [-0.4, -0.2) is 54.2 Å². The number of methoxy groups -OCH3 is 2. The summed E-state index contributed by atoms with van der Waals surface area (Å²) in [4.78, 5) is 27.6. The number of Topliss-reactive ketones (excluding diaryl/α,β-unsaturated/α-hetero) is 2. The number of benzene rings is 2. The minimum atomic E-state index is -0.682. The van der Waals surface area contributed by atoms with Crippen LogP contribution in [0, 0.1) is 11.2 Å². The molecule has 0 atom stereocenters. The molecule has 0 amide bonds. The Bertz CT molecular complexity index is 1470. The maximum absolute atomic E-state index is 15.1. The largest absolute Gasteiger partial charge is 0.493 e. The van der Waals surface area contributed by atoms with Crippen LogP contribution in [0.5, 0.6) is 17.2 Å². The Kier molecular flexibility index (Phi) is 5.81. The number of carbonyl (C=O) groups is 2. The molecule has 5 rings (SSSR count). The van der Waals surface area contributed by atoms with Crippen molar-refractivity contribution in [1.82, 2.24) is 9.47 Å². The summed E-state index contributed by atoms with van der Waals surface area (Å²) in [6, 6.07) is 10.4. The van der Waals surface area contributed by atoms with Gasteiger partial charge in [-0.3, -0.25) is 15.0 Å². The lowest BCUT2D eigenvalue weighted by molar-refractivity contribution is 0.0919. The van der Waals surface area contributed by atoms with Gasteiger partial charge in [-0.1, -0.05) is 20.8 Å². The number of carbonyl (C=O) groups excluding carboxylic acids is 2. The minimum Gasteiger partial charge on any atom is -0.493 e. The summed E-state index contributed by atoms with van der Waals surface area (Å²) in [6.45, 7) is 6.15. The monoisotopic (exact) mass is 505 g/mol. The van der Waals surface area contributed by atoms with Crippen LogP contribution in [0.1, 0.15) is 58.4 Å². The van der Waals surface area contributed by atoms with Crippen molar-refractivity contribution in [3.63, 3.8) is 0 Å². The van der Waals surface area contributed by atoms with Crippen molar-refractivity contribution in [1.29, 1.82) is 5.41 Å². The van der Waals surface area contributed by atoms with Gasteiger partial charge in [-0.15, -0.1) is 0 Å². The minimum absolute atomic E-state index is 0.0725. The first-order valence-corrected chi connectivity index (χ1v) is 11.9. The number of nitrogens with zero attached hydrogens (tertiary/aromatic N) is 2. The van der Waals surface area contributed by atoms with Crippen LogP contribution < -0.4 is 14.2 Å². The van der Waals surface area contributed by atoms with Gasteiger partial charge in [0.2, 0.25) is 5.78 Å². The molecule has 0 aliphatic carbocycles. The average Bonchev–Trinajstić information content (AvgIpc) is 3.40. The van der Waals surface area contributed by atoms with Gasteiger partial charge in [-0.2, -0.15) is 0 Å². The zero-order valence-electron chi connectivity index (χ0n) is 21.4. The van der Waals surface area contributed by atoms with Gasteiger partial charge in [0.25, 0.3) is 0 Å². The van der Waals surface area contributed by atoms with Gasteiger partial charge < -0.3 is 23.7 Å². The van der Waals surface area contributed by atoms with Crippen LogP contribution in [0.15, 0.2) is 36.4 Å². The van der Waals surface area contributed by atoms with E-state index < -0.39 is 5.82 Å². The first kappa shape index (κ1) is 24.5. The fraction of sp³-hybridized carbons (Fsp3) is 0.321. The number of rotatable bonds is 5. The fourth-order valence-electron chi connectivity index (χ4n) is 4.93. The molecule has 9 heteroatoms. The Morgan fingerprint density at radius 3 is 2.57 bits per heavy atom. The molecule has 3 aromatic rings. The Morgan fingerprint density at radius 1 is 1.14 bits per heavy atom. The van der Waals surface area contributed by atoms with Gasteiger partial charge in [0.1, 0.15) is 11.6 Å². The Balaban J connectivity index is 1.48.